The number of rotatable bonds is 1. The molecule has 0 aromatic heterocycles. The number of fused-ring (bicyclic) bond motifs is 1. The van der Waals surface area contributed by atoms with E-state index in [9.17, 15) is 9.59 Å². The van der Waals surface area contributed by atoms with Crippen LogP contribution in [0, 0.1) is 5.92 Å². The van der Waals surface area contributed by atoms with Crippen LogP contribution in [0.25, 0.3) is 0 Å². The van der Waals surface area contributed by atoms with Crippen molar-refractivity contribution in [2.24, 2.45) is 5.92 Å². The van der Waals surface area contributed by atoms with E-state index < -0.39 is 0 Å². The van der Waals surface area contributed by atoms with Gasteiger partial charge in [-0.2, -0.15) is 0 Å². The molecule has 1 aromatic rings. The molecule has 21 heavy (non-hydrogen) atoms. The normalized spacial score (nSPS) is 21.3. The van der Waals surface area contributed by atoms with Gasteiger partial charge in [0.25, 0.3) is 0 Å². The lowest BCUT2D eigenvalue weighted by Gasteiger charge is -2.32. The number of anilines is 2. The van der Waals surface area contributed by atoms with Crippen LogP contribution in [0.2, 0.25) is 0 Å². The van der Waals surface area contributed by atoms with Gasteiger partial charge < -0.3 is 15.5 Å². The van der Waals surface area contributed by atoms with Crippen LogP contribution in [0.3, 0.4) is 0 Å². The molecule has 5 heteroatoms. The van der Waals surface area contributed by atoms with Gasteiger partial charge in [-0.1, -0.05) is 6.07 Å². The number of benzene rings is 1. The number of hydrogen-bond donors (Lipinski definition) is 1. The summed E-state index contributed by atoms with van der Waals surface area (Å²) in [4.78, 5) is 27.8. The number of carbonyl (C=O) groups excluding carboxylic acids is 2. The van der Waals surface area contributed by atoms with Gasteiger partial charge in [0.05, 0.1) is 5.92 Å². The second-order valence-corrected chi connectivity index (χ2v) is 5.89. The van der Waals surface area contributed by atoms with Crippen molar-refractivity contribution in [2.45, 2.75) is 26.2 Å². The summed E-state index contributed by atoms with van der Waals surface area (Å²) in [6.45, 7) is 3.53. The third-order valence-electron chi connectivity index (χ3n) is 4.54. The molecule has 3 rings (SSSR count). The van der Waals surface area contributed by atoms with Gasteiger partial charge in [-0.15, -0.1) is 0 Å². The summed E-state index contributed by atoms with van der Waals surface area (Å²) >= 11 is 0. The standard InChI is InChI=1S/C16H21N3O2/c1-11(20)18-9-7-12(10-18)16(21)19-8-3-4-13-14(17)5-2-6-15(13)19/h2,5-6,12H,3-4,7-10,17H2,1H3. The summed E-state index contributed by atoms with van der Waals surface area (Å²) in [5.41, 5.74) is 8.83. The lowest BCUT2D eigenvalue weighted by molar-refractivity contribution is -0.128. The third kappa shape index (κ3) is 2.48. The molecule has 1 unspecified atom stereocenters. The van der Waals surface area contributed by atoms with Gasteiger partial charge in [0.2, 0.25) is 11.8 Å². The largest absolute Gasteiger partial charge is 0.398 e. The maximum absolute atomic E-state index is 12.8. The van der Waals surface area contributed by atoms with E-state index in [0.717, 1.165) is 42.7 Å². The highest BCUT2D eigenvalue weighted by atomic mass is 16.2. The number of nitrogens with zero attached hydrogens (tertiary/aromatic N) is 2. The molecule has 0 aliphatic carbocycles. The Labute approximate surface area is 124 Å². The fraction of sp³-hybridized carbons (Fsp3) is 0.500. The van der Waals surface area contributed by atoms with E-state index in [4.69, 9.17) is 5.73 Å². The number of amides is 2. The topological polar surface area (TPSA) is 66.6 Å². The third-order valence-corrected chi connectivity index (χ3v) is 4.54. The Hall–Kier alpha value is -2.04. The first-order chi connectivity index (χ1) is 10.1. The molecule has 0 spiro atoms. The molecule has 1 fully saturated rings. The number of nitrogens with two attached hydrogens (primary N) is 1. The van der Waals surface area contributed by atoms with Crippen molar-refractivity contribution in [1.82, 2.24) is 4.90 Å². The van der Waals surface area contributed by atoms with Crippen molar-refractivity contribution >= 4 is 23.2 Å². The highest BCUT2D eigenvalue weighted by Crippen LogP contribution is 2.33. The molecule has 2 heterocycles. The van der Waals surface area contributed by atoms with Crippen LogP contribution >= 0.6 is 0 Å². The van der Waals surface area contributed by atoms with Gasteiger partial charge in [-0.3, -0.25) is 9.59 Å². The van der Waals surface area contributed by atoms with Crippen LogP contribution < -0.4 is 10.6 Å². The maximum Gasteiger partial charge on any atom is 0.231 e. The van der Waals surface area contributed by atoms with Crippen molar-refractivity contribution in [1.29, 1.82) is 0 Å². The Morgan fingerprint density at radius 3 is 2.81 bits per heavy atom. The van der Waals surface area contributed by atoms with E-state index in [1.807, 2.05) is 23.1 Å². The molecule has 0 bridgehead atoms. The summed E-state index contributed by atoms with van der Waals surface area (Å²) < 4.78 is 0. The zero-order valence-electron chi connectivity index (χ0n) is 12.3. The van der Waals surface area contributed by atoms with E-state index in [1.54, 1.807) is 11.8 Å². The average molecular weight is 287 g/mol. The highest BCUT2D eigenvalue weighted by Gasteiger charge is 2.34. The second-order valence-electron chi connectivity index (χ2n) is 5.89. The summed E-state index contributed by atoms with van der Waals surface area (Å²) in [6, 6.07) is 5.76. The van der Waals surface area contributed by atoms with Crippen molar-refractivity contribution < 1.29 is 9.59 Å². The molecule has 5 nitrogen and oxygen atoms in total. The first-order valence-electron chi connectivity index (χ1n) is 7.52. The van der Waals surface area contributed by atoms with Crippen LogP contribution in [-0.4, -0.2) is 36.3 Å². The van der Waals surface area contributed by atoms with E-state index in [2.05, 4.69) is 0 Å². The quantitative estimate of drug-likeness (QED) is 0.794. The Morgan fingerprint density at radius 2 is 2.10 bits per heavy atom. The molecular formula is C16H21N3O2. The number of hydrogen-bond acceptors (Lipinski definition) is 3. The van der Waals surface area contributed by atoms with Crippen molar-refractivity contribution in [3.63, 3.8) is 0 Å². The summed E-state index contributed by atoms with van der Waals surface area (Å²) in [6.07, 6.45) is 2.62. The molecular weight excluding hydrogens is 266 g/mol. The Kier molecular flexibility index (Phi) is 3.57. The monoisotopic (exact) mass is 287 g/mol. The smallest absolute Gasteiger partial charge is 0.231 e. The minimum atomic E-state index is -0.0821. The van der Waals surface area contributed by atoms with Gasteiger partial charge in [-0.05, 0) is 37.0 Å². The molecule has 2 N–H and O–H groups in total. The van der Waals surface area contributed by atoms with Crippen LogP contribution in [0.15, 0.2) is 18.2 Å². The zero-order valence-corrected chi connectivity index (χ0v) is 12.3. The molecule has 2 amide bonds. The van der Waals surface area contributed by atoms with Gasteiger partial charge >= 0.3 is 0 Å². The molecule has 1 saturated heterocycles. The molecule has 2 aliphatic heterocycles. The van der Waals surface area contributed by atoms with E-state index in [1.165, 1.54) is 0 Å². The first kappa shape index (κ1) is 13.9. The molecule has 1 aromatic carbocycles. The summed E-state index contributed by atoms with van der Waals surface area (Å²) in [5.74, 6) is 0.0974. The fourth-order valence-electron chi connectivity index (χ4n) is 3.35. The Balaban J connectivity index is 1.81. The van der Waals surface area contributed by atoms with Crippen LogP contribution in [0.4, 0.5) is 11.4 Å². The molecule has 112 valence electrons. The van der Waals surface area contributed by atoms with Crippen LogP contribution in [0.5, 0.6) is 0 Å². The maximum atomic E-state index is 12.8. The predicted octanol–water partition coefficient (Wildman–Crippen LogP) is 1.42. The second kappa shape index (κ2) is 5.39. The average Bonchev–Trinajstić information content (AvgIpc) is 2.96. The van der Waals surface area contributed by atoms with Crippen molar-refractivity contribution in [3.05, 3.63) is 23.8 Å². The minimum Gasteiger partial charge on any atom is -0.398 e. The number of likely N-dealkylation sites (tertiary alicyclic amines) is 1. The van der Waals surface area contributed by atoms with Gasteiger partial charge in [-0.25, -0.2) is 0 Å². The summed E-state index contributed by atoms with van der Waals surface area (Å²) in [7, 11) is 0. The number of carbonyl (C=O) groups is 2. The fourth-order valence-corrected chi connectivity index (χ4v) is 3.35. The van der Waals surface area contributed by atoms with E-state index in [-0.39, 0.29) is 17.7 Å². The van der Waals surface area contributed by atoms with Crippen LogP contribution in [0.1, 0.15) is 25.3 Å². The number of nitrogen functional groups attached to an aromatic ring is 1. The lowest BCUT2D eigenvalue weighted by atomic mass is 9.97. The van der Waals surface area contributed by atoms with E-state index in [0.29, 0.717) is 13.1 Å². The van der Waals surface area contributed by atoms with Crippen molar-refractivity contribution in [3.8, 4) is 0 Å². The molecule has 0 radical (unpaired) electrons. The van der Waals surface area contributed by atoms with Crippen LogP contribution in [-0.2, 0) is 16.0 Å². The zero-order chi connectivity index (χ0) is 15.0. The van der Waals surface area contributed by atoms with Gasteiger partial charge in [0.1, 0.15) is 0 Å². The van der Waals surface area contributed by atoms with Gasteiger partial charge in [0, 0.05) is 37.9 Å². The minimum absolute atomic E-state index is 0.0496. The SMILES string of the molecule is CC(=O)N1CCC(C(=O)N2CCCc3c(N)cccc32)C1. The molecule has 2 aliphatic rings. The molecule has 0 saturated carbocycles. The first-order valence-corrected chi connectivity index (χ1v) is 7.52. The highest BCUT2D eigenvalue weighted by molar-refractivity contribution is 5.97. The van der Waals surface area contributed by atoms with Gasteiger partial charge in [0.15, 0.2) is 0 Å². The summed E-state index contributed by atoms with van der Waals surface area (Å²) in [5, 5.41) is 0. The van der Waals surface area contributed by atoms with E-state index >= 15 is 0 Å². The van der Waals surface area contributed by atoms with Crippen molar-refractivity contribution in [2.75, 3.05) is 30.3 Å². The lowest BCUT2D eigenvalue weighted by Crippen LogP contribution is -2.41. The predicted molar refractivity (Wildman–Crippen MR) is 81.9 cm³/mol. The Morgan fingerprint density at radius 1 is 1.29 bits per heavy atom. The molecule has 1 atom stereocenters. The Bertz CT molecular complexity index is 585.